The van der Waals surface area contributed by atoms with Crippen molar-refractivity contribution in [1.82, 2.24) is 0 Å². The summed E-state index contributed by atoms with van der Waals surface area (Å²) in [6, 6.07) is 17.5. The van der Waals surface area contributed by atoms with Crippen LogP contribution in [0.15, 0.2) is 54.6 Å². The Morgan fingerprint density at radius 3 is 2.38 bits per heavy atom. The van der Waals surface area contributed by atoms with E-state index < -0.39 is 6.10 Å². The molecule has 0 aliphatic carbocycles. The minimum atomic E-state index is -0.641. The summed E-state index contributed by atoms with van der Waals surface area (Å²) < 4.78 is 11.0. The average molecular weight is 287 g/mol. The second-order valence-corrected chi connectivity index (χ2v) is 4.74. The predicted octanol–water partition coefficient (Wildman–Crippen LogP) is 2.68. The molecule has 0 radical (unpaired) electrons. The molecule has 1 atom stereocenters. The normalized spacial score (nSPS) is 11.9. The van der Waals surface area contributed by atoms with Crippen LogP contribution in [0.1, 0.15) is 5.56 Å². The molecule has 1 unspecified atom stereocenters. The maximum Gasteiger partial charge on any atom is 0.119 e. The van der Waals surface area contributed by atoms with Crippen LogP contribution in [0.4, 0.5) is 5.69 Å². The average Bonchev–Trinajstić information content (AvgIpc) is 2.54. The van der Waals surface area contributed by atoms with Gasteiger partial charge in [-0.05, 0) is 29.8 Å². The van der Waals surface area contributed by atoms with Gasteiger partial charge in [-0.1, -0.05) is 30.3 Å². The molecule has 0 heterocycles. The van der Waals surface area contributed by atoms with E-state index in [-0.39, 0.29) is 13.2 Å². The van der Waals surface area contributed by atoms with E-state index >= 15 is 0 Å². The minimum absolute atomic E-state index is 0.216. The van der Waals surface area contributed by atoms with Crippen LogP contribution in [-0.2, 0) is 11.3 Å². The zero-order chi connectivity index (χ0) is 14.9. The Morgan fingerprint density at radius 2 is 1.71 bits per heavy atom. The summed E-state index contributed by atoms with van der Waals surface area (Å²) in [4.78, 5) is 0. The lowest BCUT2D eigenvalue weighted by Crippen LogP contribution is -2.23. The molecule has 4 nitrogen and oxygen atoms in total. The maximum atomic E-state index is 9.83. The van der Waals surface area contributed by atoms with Crippen LogP contribution in [0.2, 0.25) is 0 Å². The molecular weight excluding hydrogens is 266 g/mol. The molecule has 21 heavy (non-hydrogen) atoms. The van der Waals surface area contributed by atoms with E-state index in [1.54, 1.807) is 0 Å². The molecule has 0 aliphatic rings. The predicted molar refractivity (Wildman–Crippen MR) is 83.6 cm³/mol. The van der Waals surface area contributed by atoms with Crippen molar-refractivity contribution in [2.45, 2.75) is 12.7 Å². The van der Waals surface area contributed by atoms with Gasteiger partial charge >= 0.3 is 0 Å². The topological polar surface area (TPSA) is 50.7 Å². The van der Waals surface area contributed by atoms with Gasteiger partial charge in [0.15, 0.2) is 0 Å². The minimum Gasteiger partial charge on any atom is -0.491 e. The molecule has 0 bridgehead atoms. The third kappa shape index (κ3) is 5.45. The first kappa shape index (κ1) is 15.4. The molecule has 4 heteroatoms. The monoisotopic (exact) mass is 287 g/mol. The van der Waals surface area contributed by atoms with Crippen molar-refractivity contribution in [2.75, 3.05) is 25.6 Å². The van der Waals surface area contributed by atoms with Gasteiger partial charge < -0.3 is 19.9 Å². The third-order valence-corrected chi connectivity index (χ3v) is 3.01. The molecule has 0 aliphatic heterocycles. The van der Waals surface area contributed by atoms with E-state index in [9.17, 15) is 5.11 Å². The van der Waals surface area contributed by atoms with E-state index in [2.05, 4.69) is 5.32 Å². The van der Waals surface area contributed by atoms with E-state index in [0.717, 1.165) is 17.0 Å². The Kier molecular flexibility index (Phi) is 6.06. The lowest BCUT2D eigenvalue weighted by molar-refractivity contribution is 0.00549. The first-order valence-electron chi connectivity index (χ1n) is 6.98. The van der Waals surface area contributed by atoms with Crippen LogP contribution in [0.3, 0.4) is 0 Å². The second kappa shape index (κ2) is 8.29. The lowest BCUT2D eigenvalue weighted by Gasteiger charge is -2.13. The van der Waals surface area contributed by atoms with Crippen LogP contribution >= 0.6 is 0 Å². The summed E-state index contributed by atoms with van der Waals surface area (Å²) >= 11 is 0. The number of ether oxygens (including phenoxy) is 2. The zero-order valence-corrected chi connectivity index (χ0v) is 12.2. The van der Waals surface area contributed by atoms with Gasteiger partial charge in [0.2, 0.25) is 0 Å². The number of anilines is 1. The Balaban J connectivity index is 1.66. The molecule has 2 aromatic carbocycles. The summed E-state index contributed by atoms with van der Waals surface area (Å²) in [6.07, 6.45) is -0.641. The lowest BCUT2D eigenvalue weighted by atomic mass is 10.2. The summed E-state index contributed by atoms with van der Waals surface area (Å²) in [5.41, 5.74) is 2.11. The first-order chi connectivity index (χ1) is 10.3. The second-order valence-electron chi connectivity index (χ2n) is 4.74. The van der Waals surface area contributed by atoms with Crippen LogP contribution in [0.5, 0.6) is 5.75 Å². The molecule has 2 N–H and O–H groups in total. The van der Waals surface area contributed by atoms with Crippen molar-refractivity contribution in [3.8, 4) is 5.75 Å². The van der Waals surface area contributed by atoms with Crippen molar-refractivity contribution in [2.24, 2.45) is 0 Å². The zero-order valence-electron chi connectivity index (χ0n) is 12.2. The quantitative estimate of drug-likeness (QED) is 0.784. The van der Waals surface area contributed by atoms with Gasteiger partial charge in [-0.2, -0.15) is 0 Å². The summed E-state index contributed by atoms with van der Waals surface area (Å²) in [5.74, 6) is 0.733. The molecule has 0 amide bonds. The van der Waals surface area contributed by atoms with Gasteiger partial charge in [-0.25, -0.2) is 0 Å². The molecule has 0 aromatic heterocycles. The van der Waals surface area contributed by atoms with Crippen LogP contribution in [-0.4, -0.2) is 31.5 Å². The highest BCUT2D eigenvalue weighted by molar-refractivity contribution is 5.45. The van der Waals surface area contributed by atoms with Crippen LogP contribution < -0.4 is 10.1 Å². The highest BCUT2D eigenvalue weighted by Crippen LogP contribution is 2.15. The number of hydrogen-bond acceptors (Lipinski definition) is 4. The maximum absolute atomic E-state index is 9.83. The van der Waals surface area contributed by atoms with Crippen molar-refractivity contribution >= 4 is 5.69 Å². The van der Waals surface area contributed by atoms with E-state index in [0.29, 0.717) is 6.61 Å². The van der Waals surface area contributed by atoms with Gasteiger partial charge in [0.05, 0.1) is 13.2 Å². The smallest absolute Gasteiger partial charge is 0.119 e. The molecule has 0 saturated heterocycles. The molecule has 2 rings (SSSR count). The van der Waals surface area contributed by atoms with Crippen molar-refractivity contribution in [3.05, 3.63) is 60.2 Å². The standard InChI is InChI=1S/C17H21NO3/c1-18-15-7-9-17(10-8-15)21-13-16(19)12-20-11-14-5-3-2-4-6-14/h2-10,16,18-19H,11-13H2,1H3. The largest absolute Gasteiger partial charge is 0.491 e. The van der Waals surface area contributed by atoms with E-state index in [1.165, 1.54) is 0 Å². The molecular formula is C17H21NO3. The number of hydrogen-bond donors (Lipinski definition) is 2. The Hall–Kier alpha value is -2.04. The summed E-state index contributed by atoms with van der Waals surface area (Å²) in [7, 11) is 1.86. The fraction of sp³-hybridized carbons (Fsp3) is 0.294. The number of benzene rings is 2. The molecule has 0 saturated carbocycles. The Labute approximate surface area is 125 Å². The van der Waals surface area contributed by atoms with Crippen molar-refractivity contribution in [3.63, 3.8) is 0 Å². The summed E-state index contributed by atoms with van der Waals surface area (Å²) in [5, 5.41) is 12.9. The van der Waals surface area contributed by atoms with E-state index in [4.69, 9.17) is 9.47 Å². The molecule has 112 valence electrons. The number of aliphatic hydroxyl groups is 1. The molecule has 2 aromatic rings. The summed E-state index contributed by atoms with van der Waals surface area (Å²) in [6.45, 7) is 0.964. The van der Waals surface area contributed by atoms with Crippen LogP contribution in [0.25, 0.3) is 0 Å². The van der Waals surface area contributed by atoms with Crippen molar-refractivity contribution in [1.29, 1.82) is 0 Å². The van der Waals surface area contributed by atoms with Gasteiger partial charge in [0, 0.05) is 12.7 Å². The number of nitrogens with one attached hydrogen (secondary N) is 1. The first-order valence-corrected chi connectivity index (χ1v) is 6.98. The van der Waals surface area contributed by atoms with E-state index in [1.807, 2.05) is 61.6 Å². The number of aliphatic hydroxyl groups excluding tert-OH is 1. The Morgan fingerprint density at radius 1 is 1.00 bits per heavy atom. The highest BCUT2D eigenvalue weighted by Gasteiger charge is 2.06. The molecule has 0 fully saturated rings. The fourth-order valence-corrected chi connectivity index (χ4v) is 1.85. The van der Waals surface area contributed by atoms with Gasteiger partial charge in [-0.15, -0.1) is 0 Å². The third-order valence-electron chi connectivity index (χ3n) is 3.01. The van der Waals surface area contributed by atoms with Gasteiger partial charge in [0.25, 0.3) is 0 Å². The van der Waals surface area contributed by atoms with Gasteiger partial charge in [0.1, 0.15) is 18.5 Å². The fourth-order valence-electron chi connectivity index (χ4n) is 1.85. The molecule has 0 spiro atoms. The Bertz CT molecular complexity index is 513. The van der Waals surface area contributed by atoms with Crippen molar-refractivity contribution < 1.29 is 14.6 Å². The highest BCUT2D eigenvalue weighted by atomic mass is 16.5. The SMILES string of the molecule is CNc1ccc(OCC(O)COCc2ccccc2)cc1. The van der Waals surface area contributed by atoms with Gasteiger partial charge in [-0.3, -0.25) is 0 Å². The number of rotatable bonds is 8. The van der Waals surface area contributed by atoms with Crippen LogP contribution in [0, 0.1) is 0 Å².